The quantitative estimate of drug-likeness (QED) is 0.712. The number of ether oxygens (including phenoxy) is 1. The molecule has 1 aliphatic carbocycles. The molecule has 2 aliphatic rings. The van der Waals surface area contributed by atoms with Gasteiger partial charge in [-0.25, -0.2) is 0 Å². The summed E-state index contributed by atoms with van der Waals surface area (Å²) in [5, 5.41) is 1.62. The van der Waals surface area contributed by atoms with Gasteiger partial charge in [0.15, 0.2) is 0 Å². The number of rotatable bonds is 1. The van der Waals surface area contributed by atoms with E-state index in [0.717, 1.165) is 16.1 Å². The Morgan fingerprint density at radius 2 is 2.12 bits per heavy atom. The van der Waals surface area contributed by atoms with E-state index in [1.54, 1.807) is 0 Å². The van der Waals surface area contributed by atoms with Crippen molar-refractivity contribution >= 4 is 27.5 Å². The van der Waals surface area contributed by atoms with Crippen molar-refractivity contribution in [1.82, 2.24) is 0 Å². The molecular weight excluding hydrogens is 287 g/mol. The fraction of sp³-hybridized carbons (Fsp3) is 0.231. The number of hydrogen-bond donors (Lipinski definition) is 0. The van der Waals surface area contributed by atoms with Crippen molar-refractivity contribution in [2.24, 2.45) is 0 Å². The van der Waals surface area contributed by atoms with Crippen LogP contribution in [0, 0.1) is 0 Å². The summed E-state index contributed by atoms with van der Waals surface area (Å²) in [6.07, 6.45) is 4.20. The highest BCUT2D eigenvalue weighted by atomic mass is 79.9. The molecule has 3 heteroatoms. The highest BCUT2D eigenvalue weighted by molar-refractivity contribution is 9.09. The number of para-hydroxylation sites is 1. The molecule has 2 unspecified atom stereocenters. The molecule has 0 amide bonds. The Kier molecular flexibility index (Phi) is 2.56. The Morgan fingerprint density at radius 1 is 1.31 bits per heavy atom. The molecule has 0 N–H and O–H groups in total. The maximum atomic E-state index is 6.26. The third kappa shape index (κ3) is 1.52. The highest BCUT2D eigenvalue weighted by Crippen LogP contribution is 2.45. The molecule has 16 heavy (non-hydrogen) atoms. The molecule has 0 spiro atoms. The predicted octanol–water partition coefficient (Wildman–Crippen LogP) is 3.99. The number of benzene rings is 1. The minimum Gasteiger partial charge on any atom is -0.484 e. The van der Waals surface area contributed by atoms with Gasteiger partial charge in [-0.15, -0.1) is 0 Å². The molecule has 2 atom stereocenters. The summed E-state index contributed by atoms with van der Waals surface area (Å²) in [5.74, 6) is 1.22. The lowest BCUT2D eigenvalue weighted by atomic mass is 9.89. The van der Waals surface area contributed by atoms with Crippen molar-refractivity contribution in [3.8, 4) is 5.75 Å². The third-order valence-corrected chi connectivity index (χ3v) is 3.97. The van der Waals surface area contributed by atoms with Gasteiger partial charge in [0.2, 0.25) is 0 Å². The van der Waals surface area contributed by atoms with Crippen LogP contribution in [-0.2, 0) is 0 Å². The fourth-order valence-electron chi connectivity index (χ4n) is 2.26. The van der Waals surface area contributed by atoms with Crippen LogP contribution in [0.3, 0.4) is 0 Å². The van der Waals surface area contributed by atoms with Crippen LogP contribution in [0.2, 0.25) is 0 Å². The average molecular weight is 298 g/mol. The fourth-order valence-corrected chi connectivity index (χ4v) is 2.93. The van der Waals surface area contributed by atoms with Crippen LogP contribution < -0.4 is 4.74 Å². The summed E-state index contributed by atoms with van der Waals surface area (Å²) in [7, 11) is 0. The number of fused-ring (bicyclic) bond motifs is 3. The Labute approximate surface area is 108 Å². The monoisotopic (exact) mass is 296 g/mol. The van der Waals surface area contributed by atoms with Gasteiger partial charge >= 0.3 is 0 Å². The van der Waals surface area contributed by atoms with Crippen molar-refractivity contribution in [2.45, 2.75) is 12.0 Å². The Hall–Kier alpha value is -0.730. The van der Waals surface area contributed by atoms with Gasteiger partial charge in [-0.2, -0.15) is 0 Å². The van der Waals surface area contributed by atoms with E-state index in [2.05, 4.69) is 28.1 Å². The smallest absolute Gasteiger partial charge is 0.145 e. The van der Waals surface area contributed by atoms with E-state index >= 15 is 0 Å². The molecule has 1 aromatic rings. The zero-order valence-corrected chi connectivity index (χ0v) is 10.8. The van der Waals surface area contributed by atoms with E-state index in [0.29, 0.717) is 0 Å². The van der Waals surface area contributed by atoms with Crippen LogP contribution in [0.4, 0.5) is 0 Å². The summed E-state index contributed by atoms with van der Waals surface area (Å²) in [6, 6.07) is 8.14. The number of hydrogen-bond acceptors (Lipinski definition) is 1. The first-order valence-corrected chi connectivity index (χ1v) is 6.69. The van der Waals surface area contributed by atoms with Crippen molar-refractivity contribution in [2.75, 3.05) is 5.33 Å². The van der Waals surface area contributed by atoms with E-state index in [4.69, 9.17) is 16.3 Å². The maximum Gasteiger partial charge on any atom is 0.145 e. The van der Waals surface area contributed by atoms with Crippen molar-refractivity contribution in [3.63, 3.8) is 0 Å². The summed E-state index contributed by atoms with van der Waals surface area (Å²) in [6.45, 7) is 0. The second kappa shape index (κ2) is 3.94. The summed E-state index contributed by atoms with van der Waals surface area (Å²) < 4.78 is 5.86. The van der Waals surface area contributed by atoms with E-state index in [1.807, 2.05) is 24.3 Å². The van der Waals surface area contributed by atoms with E-state index in [1.165, 1.54) is 11.1 Å². The van der Waals surface area contributed by atoms with Gasteiger partial charge in [0.25, 0.3) is 0 Å². The van der Waals surface area contributed by atoms with Crippen LogP contribution in [0.15, 0.2) is 47.0 Å². The number of halogens is 2. The second-order valence-corrected chi connectivity index (χ2v) is 5.00. The van der Waals surface area contributed by atoms with Gasteiger partial charge in [-0.1, -0.05) is 51.8 Å². The van der Waals surface area contributed by atoms with Gasteiger partial charge < -0.3 is 4.74 Å². The molecule has 1 aromatic carbocycles. The van der Waals surface area contributed by atoms with E-state index < -0.39 is 0 Å². The number of alkyl halides is 1. The zero-order valence-electron chi connectivity index (χ0n) is 8.49. The van der Waals surface area contributed by atoms with Gasteiger partial charge in [0, 0.05) is 16.8 Å². The standard InChI is InChI=1S/C13H10BrClO/c14-7-8-5-10-9-3-1-2-4-12(9)16-13(10)11(15)6-8/h1-6,10,13H,7H2. The van der Waals surface area contributed by atoms with Gasteiger partial charge in [-0.3, -0.25) is 0 Å². The van der Waals surface area contributed by atoms with Gasteiger partial charge in [0.05, 0.1) is 5.03 Å². The summed E-state index contributed by atoms with van der Waals surface area (Å²) >= 11 is 9.72. The second-order valence-electron chi connectivity index (χ2n) is 4.01. The summed E-state index contributed by atoms with van der Waals surface area (Å²) in [5.41, 5.74) is 2.45. The first-order chi connectivity index (χ1) is 7.79. The first kappa shape index (κ1) is 10.4. The minimum atomic E-state index is -0.0260. The Balaban J connectivity index is 2.08. The Bertz CT molecular complexity index is 492. The molecule has 0 bridgehead atoms. The largest absolute Gasteiger partial charge is 0.484 e. The van der Waals surface area contributed by atoms with Crippen molar-refractivity contribution in [3.05, 3.63) is 52.6 Å². The Morgan fingerprint density at radius 3 is 2.94 bits per heavy atom. The molecule has 0 saturated heterocycles. The average Bonchev–Trinajstić information content (AvgIpc) is 2.68. The molecule has 1 nitrogen and oxygen atoms in total. The molecule has 1 heterocycles. The zero-order chi connectivity index (χ0) is 11.1. The topological polar surface area (TPSA) is 9.23 Å². The van der Waals surface area contributed by atoms with Crippen LogP contribution >= 0.6 is 27.5 Å². The van der Waals surface area contributed by atoms with Crippen molar-refractivity contribution in [1.29, 1.82) is 0 Å². The molecule has 0 saturated carbocycles. The lowest BCUT2D eigenvalue weighted by Gasteiger charge is -2.20. The molecule has 0 aromatic heterocycles. The van der Waals surface area contributed by atoms with E-state index in [9.17, 15) is 0 Å². The SMILES string of the molecule is ClC1=CC(CBr)=CC2c3ccccc3OC12. The lowest BCUT2D eigenvalue weighted by Crippen LogP contribution is -2.21. The number of allylic oxidation sites excluding steroid dienone is 2. The van der Waals surface area contributed by atoms with Gasteiger partial charge in [-0.05, 0) is 17.7 Å². The molecule has 3 rings (SSSR count). The van der Waals surface area contributed by atoms with Gasteiger partial charge in [0.1, 0.15) is 11.9 Å². The summed E-state index contributed by atoms with van der Waals surface area (Å²) in [4.78, 5) is 0. The molecule has 0 radical (unpaired) electrons. The molecule has 82 valence electrons. The third-order valence-electron chi connectivity index (χ3n) is 3.00. The molecule has 1 aliphatic heterocycles. The highest BCUT2D eigenvalue weighted by Gasteiger charge is 2.36. The molecule has 0 fully saturated rings. The first-order valence-electron chi connectivity index (χ1n) is 5.19. The maximum absolute atomic E-state index is 6.26. The molecular formula is C13H10BrClO. The van der Waals surface area contributed by atoms with E-state index in [-0.39, 0.29) is 12.0 Å². The van der Waals surface area contributed by atoms with Crippen molar-refractivity contribution < 1.29 is 4.74 Å². The normalized spacial score (nSPS) is 26.4. The predicted molar refractivity (Wildman–Crippen MR) is 69.4 cm³/mol. The lowest BCUT2D eigenvalue weighted by molar-refractivity contribution is 0.263. The van der Waals surface area contributed by atoms with Crippen LogP contribution in [0.1, 0.15) is 11.5 Å². The van der Waals surface area contributed by atoms with Crippen LogP contribution in [-0.4, -0.2) is 11.4 Å². The minimum absolute atomic E-state index is 0.0260. The van der Waals surface area contributed by atoms with Crippen LogP contribution in [0.5, 0.6) is 5.75 Å². The van der Waals surface area contributed by atoms with Crippen LogP contribution in [0.25, 0.3) is 0 Å².